The van der Waals surface area contributed by atoms with Gasteiger partial charge in [-0.05, 0) is 36.4 Å². The van der Waals surface area contributed by atoms with Crippen molar-refractivity contribution in [3.63, 3.8) is 0 Å². The number of nitrogens with zero attached hydrogens (tertiary/aromatic N) is 2. The number of amides is 1. The maximum absolute atomic E-state index is 13.3. The van der Waals surface area contributed by atoms with Crippen molar-refractivity contribution < 1.29 is 13.6 Å². The second kappa shape index (κ2) is 7.10. The lowest BCUT2D eigenvalue weighted by atomic mass is 10.2. The van der Waals surface area contributed by atoms with Crippen LogP contribution in [0.15, 0.2) is 54.1 Å². The fourth-order valence-electron chi connectivity index (χ4n) is 1.90. The van der Waals surface area contributed by atoms with Crippen LogP contribution in [-0.2, 0) is 4.79 Å². The second-order valence-electron chi connectivity index (χ2n) is 4.74. The van der Waals surface area contributed by atoms with Gasteiger partial charge in [-0.1, -0.05) is 6.07 Å². The molecule has 2 heterocycles. The molecule has 0 unspecified atom stereocenters. The van der Waals surface area contributed by atoms with Crippen LogP contribution in [0.3, 0.4) is 0 Å². The molecule has 3 rings (SSSR count). The number of aromatic nitrogens is 2. The van der Waals surface area contributed by atoms with Crippen LogP contribution in [0, 0.1) is 11.6 Å². The standard InChI is InChI=1S/C17H11F2N3OS/c18-13-6-4-11(9-14(13)19)15-10-24-17(21-15)22-16(23)7-5-12-3-1-2-8-20-12/h1-10H,(H,21,22,23)/b7-5-. The van der Waals surface area contributed by atoms with Gasteiger partial charge >= 0.3 is 0 Å². The van der Waals surface area contributed by atoms with E-state index in [1.54, 1.807) is 29.8 Å². The molecule has 1 N–H and O–H groups in total. The molecule has 2 aromatic heterocycles. The Hall–Kier alpha value is -2.93. The molecule has 0 saturated heterocycles. The highest BCUT2D eigenvalue weighted by atomic mass is 32.1. The molecule has 0 aliphatic heterocycles. The molecule has 0 fully saturated rings. The molecule has 0 aliphatic rings. The monoisotopic (exact) mass is 343 g/mol. The normalized spacial score (nSPS) is 10.9. The average molecular weight is 343 g/mol. The predicted molar refractivity (Wildman–Crippen MR) is 89.4 cm³/mol. The first-order valence-corrected chi connectivity index (χ1v) is 7.81. The van der Waals surface area contributed by atoms with E-state index in [9.17, 15) is 13.6 Å². The molecule has 3 aromatic rings. The van der Waals surface area contributed by atoms with Gasteiger partial charge in [0.1, 0.15) is 0 Å². The number of hydrogen-bond donors (Lipinski definition) is 1. The zero-order valence-electron chi connectivity index (χ0n) is 12.2. The first-order chi connectivity index (χ1) is 11.6. The SMILES string of the molecule is O=C(/C=C\c1ccccn1)Nc1nc(-c2ccc(F)c(F)c2)cs1. The van der Waals surface area contributed by atoms with Crippen LogP contribution in [0.1, 0.15) is 5.69 Å². The molecule has 0 spiro atoms. The highest BCUT2D eigenvalue weighted by Gasteiger charge is 2.09. The molecular formula is C17H11F2N3OS. The van der Waals surface area contributed by atoms with Crippen LogP contribution in [0.5, 0.6) is 0 Å². The van der Waals surface area contributed by atoms with Gasteiger partial charge in [-0.2, -0.15) is 0 Å². The summed E-state index contributed by atoms with van der Waals surface area (Å²) in [6.07, 6.45) is 4.56. The summed E-state index contributed by atoms with van der Waals surface area (Å²) in [7, 11) is 0. The van der Waals surface area contributed by atoms with E-state index in [1.807, 2.05) is 6.07 Å². The lowest BCUT2D eigenvalue weighted by Gasteiger charge is -1.98. The Morgan fingerprint density at radius 3 is 2.79 bits per heavy atom. The van der Waals surface area contributed by atoms with E-state index in [4.69, 9.17) is 0 Å². The second-order valence-corrected chi connectivity index (χ2v) is 5.60. The molecule has 4 nitrogen and oxygen atoms in total. The Balaban J connectivity index is 1.68. The number of rotatable bonds is 4. The van der Waals surface area contributed by atoms with Crippen molar-refractivity contribution in [2.24, 2.45) is 0 Å². The van der Waals surface area contributed by atoms with E-state index in [0.29, 0.717) is 22.1 Å². The maximum atomic E-state index is 13.3. The number of carbonyl (C=O) groups excluding carboxylic acids is 1. The number of carbonyl (C=O) groups is 1. The smallest absolute Gasteiger partial charge is 0.250 e. The van der Waals surface area contributed by atoms with Crippen molar-refractivity contribution >= 4 is 28.5 Å². The number of halogens is 2. The van der Waals surface area contributed by atoms with E-state index in [2.05, 4.69) is 15.3 Å². The van der Waals surface area contributed by atoms with Gasteiger partial charge in [0.05, 0.1) is 11.4 Å². The summed E-state index contributed by atoms with van der Waals surface area (Å²) in [5, 5.41) is 4.64. The fraction of sp³-hybridized carbons (Fsp3) is 0. The number of hydrogen-bond acceptors (Lipinski definition) is 4. The highest BCUT2D eigenvalue weighted by Crippen LogP contribution is 2.26. The van der Waals surface area contributed by atoms with Gasteiger partial charge in [0.15, 0.2) is 16.8 Å². The zero-order valence-corrected chi connectivity index (χ0v) is 13.1. The Morgan fingerprint density at radius 2 is 2.04 bits per heavy atom. The molecule has 1 aromatic carbocycles. The fourth-order valence-corrected chi connectivity index (χ4v) is 2.62. The summed E-state index contributed by atoms with van der Waals surface area (Å²) in [5.41, 5.74) is 1.56. The van der Waals surface area contributed by atoms with Gasteiger partial charge in [0.2, 0.25) is 5.91 Å². The summed E-state index contributed by atoms with van der Waals surface area (Å²) >= 11 is 1.20. The summed E-state index contributed by atoms with van der Waals surface area (Å²) in [5.74, 6) is -2.21. The third-order valence-electron chi connectivity index (χ3n) is 3.04. The summed E-state index contributed by atoms with van der Waals surface area (Å²) in [4.78, 5) is 20.1. The minimum atomic E-state index is -0.940. The molecule has 0 aliphatic carbocycles. The quantitative estimate of drug-likeness (QED) is 0.725. The van der Waals surface area contributed by atoms with Gasteiger partial charge in [0, 0.05) is 23.2 Å². The van der Waals surface area contributed by atoms with Gasteiger partial charge in [-0.15, -0.1) is 11.3 Å². The molecule has 0 bridgehead atoms. The van der Waals surface area contributed by atoms with Crippen LogP contribution in [0.25, 0.3) is 17.3 Å². The molecule has 7 heteroatoms. The molecule has 0 radical (unpaired) electrons. The number of anilines is 1. The third-order valence-corrected chi connectivity index (χ3v) is 3.80. The summed E-state index contributed by atoms with van der Waals surface area (Å²) in [6.45, 7) is 0. The molecule has 0 saturated carbocycles. The first-order valence-electron chi connectivity index (χ1n) is 6.93. The van der Waals surface area contributed by atoms with Gasteiger partial charge < -0.3 is 0 Å². The van der Waals surface area contributed by atoms with E-state index < -0.39 is 11.6 Å². The number of pyridine rings is 1. The Labute approximate surface area is 140 Å². The van der Waals surface area contributed by atoms with Crippen molar-refractivity contribution in [2.45, 2.75) is 0 Å². The molecule has 1 amide bonds. The third kappa shape index (κ3) is 3.88. The van der Waals surface area contributed by atoms with Crippen LogP contribution >= 0.6 is 11.3 Å². The molecule has 120 valence electrons. The molecular weight excluding hydrogens is 332 g/mol. The van der Waals surface area contributed by atoms with Crippen molar-refractivity contribution in [3.8, 4) is 11.3 Å². The Morgan fingerprint density at radius 1 is 1.17 bits per heavy atom. The van der Waals surface area contributed by atoms with Crippen LogP contribution in [0.2, 0.25) is 0 Å². The number of benzene rings is 1. The summed E-state index contributed by atoms with van der Waals surface area (Å²) < 4.78 is 26.2. The van der Waals surface area contributed by atoms with Gasteiger partial charge in [-0.25, -0.2) is 13.8 Å². The van der Waals surface area contributed by atoms with Crippen LogP contribution in [0.4, 0.5) is 13.9 Å². The van der Waals surface area contributed by atoms with Crippen LogP contribution in [-0.4, -0.2) is 15.9 Å². The van der Waals surface area contributed by atoms with E-state index >= 15 is 0 Å². The van der Waals surface area contributed by atoms with Crippen molar-refractivity contribution in [1.29, 1.82) is 0 Å². The van der Waals surface area contributed by atoms with Crippen molar-refractivity contribution in [2.75, 3.05) is 5.32 Å². The lowest BCUT2D eigenvalue weighted by molar-refractivity contribution is -0.111. The van der Waals surface area contributed by atoms with Crippen molar-refractivity contribution in [3.05, 3.63) is 71.4 Å². The Bertz CT molecular complexity index is 894. The van der Waals surface area contributed by atoms with Crippen LogP contribution < -0.4 is 5.32 Å². The average Bonchev–Trinajstić information content (AvgIpc) is 3.05. The Kier molecular flexibility index (Phi) is 4.72. The maximum Gasteiger partial charge on any atom is 0.250 e. The summed E-state index contributed by atoms with van der Waals surface area (Å²) in [6, 6.07) is 8.91. The molecule has 0 atom stereocenters. The zero-order chi connectivity index (χ0) is 16.9. The minimum Gasteiger partial charge on any atom is -0.298 e. The first kappa shape index (κ1) is 15.9. The highest BCUT2D eigenvalue weighted by molar-refractivity contribution is 7.14. The van der Waals surface area contributed by atoms with Gasteiger partial charge in [-0.3, -0.25) is 15.1 Å². The largest absolute Gasteiger partial charge is 0.298 e. The predicted octanol–water partition coefficient (Wildman–Crippen LogP) is 4.14. The van der Waals surface area contributed by atoms with E-state index in [-0.39, 0.29) is 5.91 Å². The minimum absolute atomic E-state index is 0.355. The van der Waals surface area contributed by atoms with Gasteiger partial charge in [0.25, 0.3) is 0 Å². The number of thiazole rings is 1. The lowest BCUT2D eigenvalue weighted by Crippen LogP contribution is -2.07. The molecule has 24 heavy (non-hydrogen) atoms. The number of nitrogens with one attached hydrogen (secondary N) is 1. The topological polar surface area (TPSA) is 54.9 Å². The van der Waals surface area contributed by atoms with E-state index in [0.717, 1.165) is 12.1 Å². The van der Waals surface area contributed by atoms with E-state index in [1.165, 1.54) is 23.5 Å². The van der Waals surface area contributed by atoms with Crippen molar-refractivity contribution in [1.82, 2.24) is 9.97 Å².